The summed E-state index contributed by atoms with van der Waals surface area (Å²) in [5.74, 6) is 0.150. The van der Waals surface area contributed by atoms with Crippen LogP contribution in [-0.2, 0) is 4.79 Å². The van der Waals surface area contributed by atoms with E-state index >= 15 is 0 Å². The van der Waals surface area contributed by atoms with Gasteiger partial charge in [0.05, 0.1) is 0 Å². The third-order valence-corrected chi connectivity index (χ3v) is 3.25. The van der Waals surface area contributed by atoms with Crippen LogP contribution in [0.25, 0.3) is 0 Å². The smallest absolute Gasteiger partial charge is 0.222 e. The Morgan fingerprint density at radius 3 is 2.40 bits per heavy atom. The second-order valence-electron chi connectivity index (χ2n) is 5.12. The predicted molar refractivity (Wildman–Crippen MR) is 80.4 cm³/mol. The zero-order valence-electron chi connectivity index (χ0n) is 11.9. The molecule has 20 heavy (non-hydrogen) atoms. The summed E-state index contributed by atoms with van der Waals surface area (Å²) in [6.07, 6.45) is 1.79. The van der Waals surface area contributed by atoms with Crippen molar-refractivity contribution in [3.8, 4) is 0 Å². The summed E-state index contributed by atoms with van der Waals surface area (Å²) in [6, 6.07) is 16.0. The van der Waals surface area contributed by atoms with E-state index in [4.69, 9.17) is 0 Å². The number of pyridine rings is 1. The van der Waals surface area contributed by atoms with E-state index in [9.17, 15) is 4.79 Å². The molecular weight excluding hydrogens is 248 g/mol. The van der Waals surface area contributed by atoms with Crippen LogP contribution in [0.2, 0.25) is 0 Å². The Labute approximate surface area is 120 Å². The third-order valence-electron chi connectivity index (χ3n) is 3.25. The number of carbonyl (C=O) groups excluding carboxylic acids is 1. The monoisotopic (exact) mass is 268 g/mol. The number of rotatable bonds is 5. The molecule has 1 aromatic heterocycles. The quantitative estimate of drug-likeness (QED) is 0.905. The first kappa shape index (κ1) is 14.3. The minimum absolute atomic E-state index is 0.00449. The molecule has 0 radical (unpaired) electrons. The molecular formula is C17H20N2O. The Morgan fingerprint density at radius 2 is 1.80 bits per heavy atom. The maximum atomic E-state index is 11.8. The molecule has 1 amide bonds. The van der Waals surface area contributed by atoms with Crippen molar-refractivity contribution in [2.75, 3.05) is 6.54 Å². The van der Waals surface area contributed by atoms with E-state index in [1.165, 1.54) is 0 Å². The van der Waals surface area contributed by atoms with E-state index in [1.807, 2.05) is 50.2 Å². The summed E-state index contributed by atoms with van der Waals surface area (Å²) < 4.78 is 0. The van der Waals surface area contributed by atoms with E-state index in [0.717, 1.165) is 11.3 Å². The molecule has 1 heterocycles. The van der Waals surface area contributed by atoms with Crippen molar-refractivity contribution in [1.29, 1.82) is 0 Å². The molecule has 0 aliphatic rings. The van der Waals surface area contributed by atoms with Gasteiger partial charge in [0.15, 0.2) is 0 Å². The Bertz CT molecular complexity index is 498. The van der Waals surface area contributed by atoms with Crippen LogP contribution in [0.15, 0.2) is 54.7 Å². The van der Waals surface area contributed by atoms with Crippen molar-refractivity contribution in [2.45, 2.75) is 19.8 Å². The second kappa shape index (κ2) is 6.85. The number of aromatic nitrogens is 1. The van der Waals surface area contributed by atoms with Crippen LogP contribution in [0.3, 0.4) is 0 Å². The summed E-state index contributed by atoms with van der Waals surface area (Å²) in [5, 5.41) is 3.00. The van der Waals surface area contributed by atoms with Gasteiger partial charge >= 0.3 is 0 Å². The van der Waals surface area contributed by atoms with E-state index in [1.54, 1.807) is 6.20 Å². The highest BCUT2D eigenvalue weighted by Crippen LogP contribution is 2.21. The maximum Gasteiger partial charge on any atom is 0.222 e. The topological polar surface area (TPSA) is 42.0 Å². The molecule has 3 nitrogen and oxygen atoms in total. The highest BCUT2D eigenvalue weighted by molar-refractivity contribution is 5.77. The standard InChI is InChI=1S/C17H20N2O/c1-13(2)17(20)19-12-15(14-8-4-3-5-9-14)16-10-6-7-11-18-16/h3-11,13,15H,12H2,1-2H3,(H,19,20). The number of amides is 1. The van der Waals surface area contributed by atoms with Gasteiger partial charge in [-0.25, -0.2) is 0 Å². The first-order valence-corrected chi connectivity index (χ1v) is 6.92. The van der Waals surface area contributed by atoms with Crippen LogP contribution in [0, 0.1) is 5.92 Å². The third kappa shape index (κ3) is 3.67. The minimum atomic E-state index is -0.00449. The fourth-order valence-corrected chi connectivity index (χ4v) is 2.07. The van der Waals surface area contributed by atoms with E-state index < -0.39 is 0 Å². The maximum absolute atomic E-state index is 11.8. The van der Waals surface area contributed by atoms with E-state index in [-0.39, 0.29) is 17.7 Å². The lowest BCUT2D eigenvalue weighted by atomic mass is 9.95. The number of benzene rings is 1. The summed E-state index contributed by atoms with van der Waals surface area (Å²) >= 11 is 0. The van der Waals surface area contributed by atoms with Crippen LogP contribution < -0.4 is 5.32 Å². The van der Waals surface area contributed by atoms with Gasteiger partial charge in [-0.15, -0.1) is 0 Å². The van der Waals surface area contributed by atoms with Crippen LogP contribution in [-0.4, -0.2) is 17.4 Å². The Hall–Kier alpha value is -2.16. The Kier molecular flexibility index (Phi) is 4.88. The average Bonchev–Trinajstić information content (AvgIpc) is 2.49. The van der Waals surface area contributed by atoms with Crippen LogP contribution >= 0.6 is 0 Å². The normalized spacial score (nSPS) is 12.2. The minimum Gasteiger partial charge on any atom is -0.355 e. The van der Waals surface area contributed by atoms with Gasteiger partial charge in [0.25, 0.3) is 0 Å². The first-order chi connectivity index (χ1) is 9.68. The molecule has 0 saturated heterocycles. The summed E-state index contributed by atoms with van der Waals surface area (Å²) in [5.41, 5.74) is 2.14. The summed E-state index contributed by atoms with van der Waals surface area (Å²) in [4.78, 5) is 16.2. The van der Waals surface area contributed by atoms with Gasteiger partial charge < -0.3 is 5.32 Å². The fourth-order valence-electron chi connectivity index (χ4n) is 2.07. The molecule has 104 valence electrons. The largest absolute Gasteiger partial charge is 0.355 e. The van der Waals surface area contributed by atoms with Crippen LogP contribution in [0.4, 0.5) is 0 Å². The lowest BCUT2D eigenvalue weighted by molar-refractivity contribution is -0.124. The van der Waals surface area contributed by atoms with Gasteiger partial charge in [0, 0.05) is 30.3 Å². The van der Waals surface area contributed by atoms with Crippen LogP contribution in [0.1, 0.15) is 31.0 Å². The molecule has 0 bridgehead atoms. The number of carbonyl (C=O) groups is 1. The van der Waals surface area contributed by atoms with Crippen molar-refractivity contribution >= 4 is 5.91 Å². The number of nitrogens with zero attached hydrogens (tertiary/aromatic N) is 1. The molecule has 1 N–H and O–H groups in total. The van der Waals surface area contributed by atoms with Crippen LogP contribution in [0.5, 0.6) is 0 Å². The number of hydrogen-bond donors (Lipinski definition) is 1. The van der Waals surface area contributed by atoms with Crippen molar-refractivity contribution in [3.05, 3.63) is 66.0 Å². The zero-order chi connectivity index (χ0) is 14.4. The lowest BCUT2D eigenvalue weighted by Gasteiger charge is -2.18. The van der Waals surface area contributed by atoms with Crippen molar-refractivity contribution in [3.63, 3.8) is 0 Å². The summed E-state index contributed by atoms with van der Waals surface area (Å²) in [7, 11) is 0. The molecule has 0 aliphatic carbocycles. The van der Waals surface area contributed by atoms with Gasteiger partial charge in [0.1, 0.15) is 0 Å². The lowest BCUT2D eigenvalue weighted by Crippen LogP contribution is -2.32. The molecule has 0 saturated carbocycles. The van der Waals surface area contributed by atoms with E-state index in [2.05, 4.69) is 22.4 Å². The Morgan fingerprint density at radius 1 is 1.10 bits per heavy atom. The van der Waals surface area contributed by atoms with Gasteiger partial charge in [-0.1, -0.05) is 50.2 Å². The van der Waals surface area contributed by atoms with Gasteiger partial charge in [0.2, 0.25) is 5.91 Å². The SMILES string of the molecule is CC(C)C(=O)NCC(c1ccccc1)c1ccccn1. The molecule has 0 aliphatic heterocycles. The predicted octanol–water partition coefficient (Wildman–Crippen LogP) is 2.99. The molecule has 1 unspecified atom stereocenters. The van der Waals surface area contributed by atoms with Gasteiger partial charge in [-0.2, -0.15) is 0 Å². The molecule has 2 rings (SSSR count). The number of nitrogens with one attached hydrogen (secondary N) is 1. The molecule has 0 fully saturated rings. The van der Waals surface area contributed by atoms with Crippen molar-refractivity contribution in [2.24, 2.45) is 5.92 Å². The highest BCUT2D eigenvalue weighted by atomic mass is 16.1. The highest BCUT2D eigenvalue weighted by Gasteiger charge is 2.17. The Balaban J connectivity index is 2.20. The van der Waals surface area contributed by atoms with Crippen molar-refractivity contribution < 1.29 is 4.79 Å². The van der Waals surface area contributed by atoms with E-state index in [0.29, 0.717) is 6.54 Å². The first-order valence-electron chi connectivity index (χ1n) is 6.92. The second-order valence-corrected chi connectivity index (χ2v) is 5.12. The number of hydrogen-bond acceptors (Lipinski definition) is 2. The molecule has 1 aromatic carbocycles. The van der Waals surface area contributed by atoms with Crippen molar-refractivity contribution in [1.82, 2.24) is 10.3 Å². The fraction of sp³-hybridized carbons (Fsp3) is 0.294. The average molecular weight is 268 g/mol. The van der Waals surface area contributed by atoms with Gasteiger partial charge in [-0.05, 0) is 17.7 Å². The zero-order valence-corrected chi connectivity index (χ0v) is 11.9. The molecule has 3 heteroatoms. The molecule has 0 spiro atoms. The van der Waals surface area contributed by atoms with Gasteiger partial charge in [-0.3, -0.25) is 9.78 Å². The molecule has 2 aromatic rings. The molecule has 1 atom stereocenters. The summed E-state index contributed by atoms with van der Waals surface area (Å²) in [6.45, 7) is 4.36.